The van der Waals surface area contributed by atoms with Gasteiger partial charge in [-0.2, -0.15) is 0 Å². The number of hydrogen-bond donors (Lipinski definition) is 1. The van der Waals surface area contributed by atoms with Crippen LogP contribution in [-0.4, -0.2) is 6.54 Å². The Labute approximate surface area is 115 Å². The molecule has 1 aromatic heterocycles. The molecule has 18 heavy (non-hydrogen) atoms. The first-order chi connectivity index (χ1) is 8.77. The normalized spacial score (nSPS) is 26.8. The molecule has 1 N–H and O–H groups in total. The molecule has 2 aliphatic rings. The molecule has 0 amide bonds. The van der Waals surface area contributed by atoms with Crippen molar-refractivity contribution in [2.75, 3.05) is 6.54 Å². The Morgan fingerprint density at radius 1 is 1.28 bits per heavy atom. The maximum atomic E-state index is 3.88. The van der Waals surface area contributed by atoms with E-state index in [1.807, 2.05) is 11.3 Å². The summed E-state index contributed by atoms with van der Waals surface area (Å²) in [6.45, 7) is 3.70. The predicted molar refractivity (Wildman–Crippen MR) is 79.2 cm³/mol. The smallest absolute Gasteiger partial charge is 0.0331 e. The van der Waals surface area contributed by atoms with Crippen LogP contribution in [0.2, 0.25) is 0 Å². The highest BCUT2D eigenvalue weighted by Crippen LogP contribution is 2.37. The van der Waals surface area contributed by atoms with Crippen molar-refractivity contribution in [3.8, 4) is 0 Å². The number of nitrogens with one attached hydrogen (secondary N) is 1. The summed E-state index contributed by atoms with van der Waals surface area (Å²) >= 11 is 1.95. The van der Waals surface area contributed by atoms with E-state index in [1.165, 1.54) is 57.9 Å². The van der Waals surface area contributed by atoms with E-state index in [9.17, 15) is 0 Å². The minimum atomic E-state index is 0.561. The summed E-state index contributed by atoms with van der Waals surface area (Å²) in [5.41, 5.74) is 2.16. The Morgan fingerprint density at radius 3 is 2.94 bits per heavy atom. The molecule has 0 aromatic carbocycles. The Morgan fingerprint density at radius 2 is 2.11 bits per heavy atom. The van der Waals surface area contributed by atoms with Crippen LogP contribution in [0, 0.1) is 5.41 Å². The van der Waals surface area contributed by atoms with Crippen LogP contribution in [0.15, 0.2) is 11.4 Å². The average molecular weight is 263 g/mol. The molecule has 100 valence electrons. The largest absolute Gasteiger partial charge is 0.309 e. The summed E-state index contributed by atoms with van der Waals surface area (Å²) in [5, 5.41) is 6.15. The highest BCUT2D eigenvalue weighted by molar-refractivity contribution is 7.10. The quantitative estimate of drug-likeness (QED) is 0.834. The molecule has 3 rings (SSSR count). The Balaban J connectivity index is 1.61. The molecule has 2 aliphatic carbocycles. The van der Waals surface area contributed by atoms with Crippen molar-refractivity contribution < 1.29 is 0 Å². The van der Waals surface area contributed by atoms with Crippen molar-refractivity contribution in [3.63, 3.8) is 0 Å². The lowest BCUT2D eigenvalue weighted by Gasteiger charge is -2.36. The highest BCUT2D eigenvalue weighted by atomic mass is 32.1. The lowest BCUT2D eigenvalue weighted by atomic mass is 9.75. The topological polar surface area (TPSA) is 12.0 Å². The van der Waals surface area contributed by atoms with Crippen LogP contribution < -0.4 is 5.32 Å². The molecular formula is C16H25NS. The van der Waals surface area contributed by atoms with Crippen LogP contribution in [0.25, 0.3) is 0 Å². The third kappa shape index (κ3) is 2.65. The van der Waals surface area contributed by atoms with Crippen molar-refractivity contribution in [2.24, 2.45) is 5.41 Å². The van der Waals surface area contributed by atoms with Crippen molar-refractivity contribution in [1.82, 2.24) is 5.32 Å². The lowest BCUT2D eigenvalue weighted by Crippen LogP contribution is -2.36. The first-order valence-electron chi connectivity index (χ1n) is 7.57. The number of aryl methyl sites for hydroxylation is 1. The standard InChI is InChI=1S/C16H25NS/c1-16(9-3-2-4-10-16)12-17-14-6-5-7-15-13(14)8-11-18-15/h8,11,14,17H,2-7,9-10,12H2,1H3. The number of hydrogen-bond acceptors (Lipinski definition) is 2. The molecule has 1 unspecified atom stereocenters. The van der Waals surface area contributed by atoms with Crippen LogP contribution in [-0.2, 0) is 6.42 Å². The summed E-state index contributed by atoms with van der Waals surface area (Å²) in [6, 6.07) is 2.98. The molecule has 0 bridgehead atoms. The molecular weight excluding hydrogens is 238 g/mol. The van der Waals surface area contributed by atoms with Gasteiger partial charge in [0.2, 0.25) is 0 Å². The van der Waals surface area contributed by atoms with Gasteiger partial charge in [0.15, 0.2) is 0 Å². The van der Waals surface area contributed by atoms with E-state index in [0.29, 0.717) is 11.5 Å². The zero-order chi connectivity index (χ0) is 12.4. The Hall–Kier alpha value is -0.340. The molecule has 0 spiro atoms. The van der Waals surface area contributed by atoms with Gasteiger partial charge in [-0.15, -0.1) is 11.3 Å². The molecule has 1 heterocycles. The van der Waals surface area contributed by atoms with Gasteiger partial charge in [-0.1, -0.05) is 26.2 Å². The van der Waals surface area contributed by atoms with Gasteiger partial charge in [0.1, 0.15) is 0 Å². The van der Waals surface area contributed by atoms with Gasteiger partial charge in [0.25, 0.3) is 0 Å². The molecule has 0 radical (unpaired) electrons. The van der Waals surface area contributed by atoms with Crippen molar-refractivity contribution >= 4 is 11.3 Å². The van der Waals surface area contributed by atoms with Crippen LogP contribution >= 0.6 is 11.3 Å². The number of rotatable bonds is 3. The molecule has 1 nitrogen and oxygen atoms in total. The molecule has 1 fully saturated rings. The third-order valence-electron chi connectivity index (χ3n) is 4.89. The summed E-state index contributed by atoms with van der Waals surface area (Å²) in [6.07, 6.45) is 11.2. The van der Waals surface area contributed by atoms with Crippen LogP contribution in [0.1, 0.15) is 68.4 Å². The zero-order valence-electron chi connectivity index (χ0n) is 11.5. The van der Waals surface area contributed by atoms with Gasteiger partial charge in [-0.05, 0) is 54.5 Å². The zero-order valence-corrected chi connectivity index (χ0v) is 12.3. The van der Waals surface area contributed by atoms with Crippen molar-refractivity contribution in [2.45, 2.75) is 64.3 Å². The molecule has 2 heteroatoms. The second-order valence-electron chi connectivity index (χ2n) is 6.50. The van der Waals surface area contributed by atoms with Crippen molar-refractivity contribution in [1.29, 1.82) is 0 Å². The van der Waals surface area contributed by atoms with E-state index < -0.39 is 0 Å². The second kappa shape index (κ2) is 5.34. The maximum Gasteiger partial charge on any atom is 0.0331 e. The summed E-state index contributed by atoms with van der Waals surface area (Å²) in [5.74, 6) is 0. The first kappa shape index (κ1) is 12.7. The maximum absolute atomic E-state index is 3.88. The van der Waals surface area contributed by atoms with Crippen LogP contribution in [0.4, 0.5) is 0 Å². The second-order valence-corrected chi connectivity index (χ2v) is 7.50. The van der Waals surface area contributed by atoms with E-state index in [-0.39, 0.29) is 0 Å². The fourth-order valence-corrected chi connectivity index (χ4v) is 4.64. The van der Waals surface area contributed by atoms with Gasteiger partial charge in [-0.3, -0.25) is 0 Å². The predicted octanol–water partition coefficient (Wildman–Crippen LogP) is 4.69. The minimum absolute atomic E-state index is 0.561. The lowest BCUT2D eigenvalue weighted by molar-refractivity contribution is 0.197. The van der Waals surface area contributed by atoms with E-state index >= 15 is 0 Å². The fraction of sp³-hybridized carbons (Fsp3) is 0.750. The van der Waals surface area contributed by atoms with Gasteiger partial charge in [0, 0.05) is 17.5 Å². The monoisotopic (exact) mass is 263 g/mol. The van der Waals surface area contributed by atoms with E-state index in [0.717, 1.165) is 0 Å². The Bertz CT molecular complexity index is 390. The summed E-state index contributed by atoms with van der Waals surface area (Å²) in [4.78, 5) is 1.63. The van der Waals surface area contributed by atoms with Crippen LogP contribution in [0.3, 0.4) is 0 Å². The van der Waals surface area contributed by atoms with Gasteiger partial charge in [0.05, 0.1) is 0 Å². The van der Waals surface area contributed by atoms with E-state index in [2.05, 4.69) is 23.7 Å². The Kier molecular flexibility index (Phi) is 3.76. The SMILES string of the molecule is CC1(CNC2CCCc3sccc32)CCCCC1. The molecule has 0 aliphatic heterocycles. The van der Waals surface area contributed by atoms with Gasteiger partial charge >= 0.3 is 0 Å². The molecule has 1 saturated carbocycles. The highest BCUT2D eigenvalue weighted by Gasteiger charge is 2.28. The van der Waals surface area contributed by atoms with Crippen LogP contribution in [0.5, 0.6) is 0 Å². The average Bonchev–Trinajstić information content (AvgIpc) is 2.86. The van der Waals surface area contributed by atoms with Crippen molar-refractivity contribution in [3.05, 3.63) is 21.9 Å². The molecule has 1 aromatic rings. The fourth-order valence-electron chi connectivity index (χ4n) is 3.65. The molecule has 1 atom stereocenters. The third-order valence-corrected chi connectivity index (χ3v) is 5.88. The van der Waals surface area contributed by atoms with E-state index in [4.69, 9.17) is 0 Å². The minimum Gasteiger partial charge on any atom is -0.309 e. The summed E-state index contributed by atoms with van der Waals surface area (Å²) in [7, 11) is 0. The van der Waals surface area contributed by atoms with E-state index in [1.54, 1.807) is 10.4 Å². The molecule has 0 saturated heterocycles. The summed E-state index contributed by atoms with van der Waals surface area (Å²) < 4.78 is 0. The number of fused-ring (bicyclic) bond motifs is 1. The first-order valence-corrected chi connectivity index (χ1v) is 8.44. The van der Waals surface area contributed by atoms with Gasteiger partial charge < -0.3 is 5.32 Å². The number of thiophene rings is 1. The van der Waals surface area contributed by atoms with Gasteiger partial charge in [-0.25, -0.2) is 0 Å².